The van der Waals surface area contributed by atoms with Crippen LogP contribution in [0, 0.1) is 23.2 Å². The maximum Gasteiger partial charge on any atom is -0.0354 e. The highest BCUT2D eigenvalue weighted by Gasteiger charge is 2.33. The number of hydrogen-bond acceptors (Lipinski definition) is 0. The van der Waals surface area contributed by atoms with E-state index in [9.17, 15) is 0 Å². The average Bonchev–Trinajstić information content (AvgIpc) is 2.28. The van der Waals surface area contributed by atoms with Crippen molar-refractivity contribution in [3.05, 3.63) is 0 Å². The fourth-order valence-corrected chi connectivity index (χ4v) is 4.08. The Morgan fingerprint density at radius 1 is 0.938 bits per heavy atom. The lowest BCUT2D eigenvalue weighted by atomic mass is 9.64. The van der Waals surface area contributed by atoms with Gasteiger partial charge in [-0.25, -0.2) is 0 Å². The molecule has 0 bridgehead atoms. The van der Waals surface area contributed by atoms with Gasteiger partial charge in [0.2, 0.25) is 0 Å². The zero-order valence-corrected chi connectivity index (χ0v) is 11.6. The van der Waals surface area contributed by atoms with E-state index in [2.05, 4.69) is 20.8 Å². The molecular weight excluding hydrogens is 192 g/mol. The first-order chi connectivity index (χ1) is 7.61. The zero-order chi connectivity index (χ0) is 11.6. The summed E-state index contributed by atoms with van der Waals surface area (Å²) in [5.74, 6) is 3.28. The largest absolute Gasteiger partial charge is 0.0649 e. The molecule has 0 radical (unpaired) electrons. The van der Waals surface area contributed by atoms with Crippen LogP contribution in [-0.4, -0.2) is 0 Å². The number of hydrogen-bond donors (Lipinski definition) is 0. The topological polar surface area (TPSA) is 0 Å². The monoisotopic (exact) mass is 222 g/mol. The van der Waals surface area contributed by atoms with Crippen LogP contribution in [-0.2, 0) is 0 Å². The Labute approximate surface area is 102 Å². The van der Waals surface area contributed by atoms with Crippen LogP contribution in [0.5, 0.6) is 0 Å². The number of rotatable bonds is 3. The molecule has 0 nitrogen and oxygen atoms in total. The maximum absolute atomic E-state index is 2.46. The van der Waals surface area contributed by atoms with Gasteiger partial charge >= 0.3 is 0 Å². The molecule has 0 amide bonds. The first-order valence-corrected chi connectivity index (χ1v) is 7.61. The molecule has 0 N–H and O–H groups in total. The van der Waals surface area contributed by atoms with E-state index in [1.165, 1.54) is 32.1 Å². The van der Waals surface area contributed by atoms with Crippen molar-refractivity contribution in [2.24, 2.45) is 23.2 Å². The second-order valence-electron chi connectivity index (χ2n) is 7.21. The van der Waals surface area contributed by atoms with Crippen molar-refractivity contribution < 1.29 is 0 Å². The molecular formula is C16H30. The third-order valence-corrected chi connectivity index (χ3v) is 5.45. The molecule has 0 heteroatoms. The second-order valence-corrected chi connectivity index (χ2v) is 7.21. The lowest BCUT2D eigenvalue weighted by Gasteiger charge is -2.41. The van der Waals surface area contributed by atoms with Gasteiger partial charge < -0.3 is 0 Å². The quantitative estimate of drug-likeness (QED) is 0.598. The highest BCUT2D eigenvalue weighted by molar-refractivity contribution is 4.85. The van der Waals surface area contributed by atoms with E-state index in [1.807, 2.05) is 0 Å². The van der Waals surface area contributed by atoms with Gasteiger partial charge in [-0.15, -0.1) is 0 Å². The fourth-order valence-electron chi connectivity index (χ4n) is 4.08. The third-order valence-electron chi connectivity index (χ3n) is 5.45. The van der Waals surface area contributed by atoms with Gasteiger partial charge in [-0.2, -0.15) is 0 Å². The smallest absolute Gasteiger partial charge is 0.0354 e. The molecule has 2 aliphatic rings. The van der Waals surface area contributed by atoms with E-state index in [1.54, 1.807) is 25.7 Å². The van der Waals surface area contributed by atoms with Gasteiger partial charge in [-0.05, 0) is 42.4 Å². The summed E-state index contributed by atoms with van der Waals surface area (Å²) in [7, 11) is 0. The van der Waals surface area contributed by atoms with Crippen molar-refractivity contribution in [3.8, 4) is 0 Å². The van der Waals surface area contributed by atoms with E-state index in [-0.39, 0.29) is 0 Å². The van der Waals surface area contributed by atoms with Gasteiger partial charge in [0.25, 0.3) is 0 Å². The van der Waals surface area contributed by atoms with E-state index in [4.69, 9.17) is 0 Å². The standard InChI is InChI=1S/C16H30/c1-4-16(2,3)12-13-9-10-14-7-5-6-8-15(14)11-13/h13-15H,4-12H2,1-3H3. The van der Waals surface area contributed by atoms with Crippen molar-refractivity contribution >= 4 is 0 Å². The predicted octanol–water partition coefficient (Wildman–Crippen LogP) is 5.42. The third kappa shape index (κ3) is 3.02. The molecule has 0 aliphatic heterocycles. The van der Waals surface area contributed by atoms with Gasteiger partial charge in [-0.1, -0.05) is 59.3 Å². The van der Waals surface area contributed by atoms with Gasteiger partial charge in [0.15, 0.2) is 0 Å². The van der Waals surface area contributed by atoms with Gasteiger partial charge in [-0.3, -0.25) is 0 Å². The molecule has 2 aliphatic carbocycles. The highest BCUT2D eigenvalue weighted by atomic mass is 14.4. The molecule has 2 saturated carbocycles. The highest BCUT2D eigenvalue weighted by Crippen LogP contribution is 2.46. The van der Waals surface area contributed by atoms with Crippen molar-refractivity contribution in [1.82, 2.24) is 0 Å². The Balaban J connectivity index is 1.85. The summed E-state index contributed by atoms with van der Waals surface area (Å²) < 4.78 is 0. The summed E-state index contributed by atoms with van der Waals surface area (Å²) in [4.78, 5) is 0. The molecule has 3 atom stereocenters. The molecule has 94 valence electrons. The van der Waals surface area contributed by atoms with Crippen LogP contribution in [0.3, 0.4) is 0 Å². The molecule has 2 rings (SSSR count). The summed E-state index contributed by atoms with van der Waals surface area (Å²) >= 11 is 0. The molecule has 0 saturated heterocycles. The molecule has 3 unspecified atom stereocenters. The Hall–Kier alpha value is 0. The Kier molecular flexibility index (Phi) is 3.97. The molecule has 0 aromatic rings. The minimum atomic E-state index is 0.589. The predicted molar refractivity (Wildman–Crippen MR) is 71.5 cm³/mol. The molecule has 16 heavy (non-hydrogen) atoms. The van der Waals surface area contributed by atoms with Crippen LogP contribution in [0.25, 0.3) is 0 Å². The molecule has 0 spiro atoms. The Morgan fingerprint density at radius 2 is 1.62 bits per heavy atom. The van der Waals surface area contributed by atoms with Crippen LogP contribution < -0.4 is 0 Å². The van der Waals surface area contributed by atoms with Gasteiger partial charge in [0, 0.05) is 0 Å². The fraction of sp³-hybridized carbons (Fsp3) is 1.00. The molecule has 0 heterocycles. The maximum atomic E-state index is 2.46. The van der Waals surface area contributed by atoms with Crippen molar-refractivity contribution in [2.45, 2.75) is 78.6 Å². The summed E-state index contributed by atoms with van der Waals surface area (Å²) in [6.45, 7) is 7.27. The van der Waals surface area contributed by atoms with Crippen molar-refractivity contribution in [1.29, 1.82) is 0 Å². The summed E-state index contributed by atoms with van der Waals surface area (Å²) in [5, 5.41) is 0. The van der Waals surface area contributed by atoms with Crippen LogP contribution in [0.15, 0.2) is 0 Å². The van der Waals surface area contributed by atoms with Crippen LogP contribution in [0.1, 0.15) is 78.6 Å². The first-order valence-electron chi connectivity index (χ1n) is 7.61. The molecule has 0 aromatic carbocycles. The van der Waals surface area contributed by atoms with Crippen LogP contribution in [0.2, 0.25) is 0 Å². The lowest BCUT2D eigenvalue weighted by molar-refractivity contribution is 0.102. The number of fused-ring (bicyclic) bond motifs is 1. The zero-order valence-electron chi connectivity index (χ0n) is 11.6. The Morgan fingerprint density at radius 3 is 2.31 bits per heavy atom. The summed E-state index contributed by atoms with van der Waals surface area (Å²) in [6, 6.07) is 0. The average molecular weight is 222 g/mol. The van der Waals surface area contributed by atoms with Crippen LogP contribution >= 0.6 is 0 Å². The lowest BCUT2D eigenvalue weighted by Crippen LogP contribution is -2.29. The summed E-state index contributed by atoms with van der Waals surface area (Å²) in [6.07, 6.45) is 13.6. The van der Waals surface area contributed by atoms with Gasteiger partial charge in [0.05, 0.1) is 0 Å². The first kappa shape index (κ1) is 12.5. The second kappa shape index (κ2) is 5.10. The molecule has 0 aromatic heterocycles. The van der Waals surface area contributed by atoms with E-state index in [0.29, 0.717) is 5.41 Å². The van der Waals surface area contributed by atoms with Crippen molar-refractivity contribution in [2.75, 3.05) is 0 Å². The summed E-state index contributed by atoms with van der Waals surface area (Å²) in [5.41, 5.74) is 0.589. The Bertz CT molecular complexity index is 216. The van der Waals surface area contributed by atoms with Crippen LogP contribution in [0.4, 0.5) is 0 Å². The normalized spacial score (nSPS) is 35.8. The SMILES string of the molecule is CCC(C)(C)CC1CCC2CCCCC2C1. The molecule has 2 fully saturated rings. The van der Waals surface area contributed by atoms with E-state index in [0.717, 1.165) is 17.8 Å². The van der Waals surface area contributed by atoms with Crippen molar-refractivity contribution in [3.63, 3.8) is 0 Å². The van der Waals surface area contributed by atoms with E-state index < -0.39 is 0 Å². The van der Waals surface area contributed by atoms with Gasteiger partial charge in [0.1, 0.15) is 0 Å². The van der Waals surface area contributed by atoms with E-state index >= 15 is 0 Å². The minimum Gasteiger partial charge on any atom is -0.0649 e. The minimum absolute atomic E-state index is 0.589.